The Morgan fingerprint density at radius 1 is 1.53 bits per heavy atom. The molecule has 0 radical (unpaired) electrons. The molecule has 0 aliphatic carbocycles. The number of hydrogen-bond donors (Lipinski definition) is 1. The fraction of sp³-hybridized carbons (Fsp3) is 0.727. The van der Waals surface area contributed by atoms with Crippen LogP contribution in [0.2, 0.25) is 0 Å². The van der Waals surface area contributed by atoms with E-state index in [0.29, 0.717) is 12.3 Å². The van der Waals surface area contributed by atoms with Crippen LogP contribution in [0, 0.1) is 5.92 Å². The molecule has 0 saturated heterocycles. The van der Waals surface area contributed by atoms with Crippen molar-refractivity contribution in [3.05, 3.63) is 11.4 Å². The zero-order valence-electron chi connectivity index (χ0n) is 10.5. The normalized spacial score (nSPS) is 11.1. The predicted molar refractivity (Wildman–Crippen MR) is 68.5 cm³/mol. The highest BCUT2D eigenvalue weighted by Gasteiger charge is 2.19. The number of thioether (sulfide) groups is 1. The minimum absolute atomic E-state index is 0.0999. The van der Waals surface area contributed by atoms with Gasteiger partial charge in [0, 0.05) is 6.54 Å². The van der Waals surface area contributed by atoms with Gasteiger partial charge in [-0.05, 0) is 30.8 Å². The van der Waals surface area contributed by atoms with Gasteiger partial charge in [-0.2, -0.15) is 11.8 Å². The van der Waals surface area contributed by atoms with Crippen molar-refractivity contribution in [3.63, 3.8) is 0 Å². The van der Waals surface area contributed by atoms with Crippen molar-refractivity contribution in [2.24, 2.45) is 5.92 Å². The number of aromatic carboxylic acids is 1. The molecule has 6 heteroatoms. The van der Waals surface area contributed by atoms with Gasteiger partial charge in [0.05, 0.1) is 5.69 Å². The summed E-state index contributed by atoms with van der Waals surface area (Å²) in [4.78, 5) is 11.0. The van der Waals surface area contributed by atoms with Gasteiger partial charge in [0.1, 0.15) is 0 Å². The highest BCUT2D eigenvalue weighted by Crippen LogP contribution is 2.13. The third-order valence-corrected chi connectivity index (χ3v) is 3.06. The van der Waals surface area contributed by atoms with E-state index in [2.05, 4.69) is 30.4 Å². The molecule has 1 aromatic heterocycles. The van der Waals surface area contributed by atoms with Crippen LogP contribution in [-0.4, -0.2) is 38.1 Å². The summed E-state index contributed by atoms with van der Waals surface area (Å²) in [5, 5.41) is 16.7. The van der Waals surface area contributed by atoms with Crippen LogP contribution in [-0.2, 0) is 13.0 Å². The molecule has 0 saturated carbocycles. The molecule has 0 unspecified atom stereocenters. The minimum atomic E-state index is -0.989. The second-order valence-electron chi connectivity index (χ2n) is 4.36. The van der Waals surface area contributed by atoms with Gasteiger partial charge in [0.2, 0.25) is 0 Å². The van der Waals surface area contributed by atoms with Crippen molar-refractivity contribution < 1.29 is 9.90 Å². The summed E-state index contributed by atoms with van der Waals surface area (Å²) < 4.78 is 1.74. The molecule has 5 nitrogen and oxygen atoms in total. The Hall–Kier alpha value is -1.04. The highest BCUT2D eigenvalue weighted by atomic mass is 32.2. The van der Waals surface area contributed by atoms with E-state index >= 15 is 0 Å². The predicted octanol–water partition coefficient (Wildman–Crippen LogP) is 1.93. The van der Waals surface area contributed by atoms with Gasteiger partial charge in [-0.1, -0.05) is 19.1 Å². The number of carboxylic acid groups (broad SMARTS) is 1. The maximum absolute atomic E-state index is 11.0. The Kier molecular flexibility index (Phi) is 5.47. The van der Waals surface area contributed by atoms with Gasteiger partial charge in [-0.15, -0.1) is 5.10 Å². The van der Waals surface area contributed by atoms with E-state index in [1.165, 1.54) is 0 Å². The Bertz CT molecular complexity index is 377. The number of rotatable bonds is 7. The van der Waals surface area contributed by atoms with E-state index in [0.717, 1.165) is 24.4 Å². The lowest BCUT2D eigenvalue weighted by Crippen LogP contribution is -2.11. The van der Waals surface area contributed by atoms with Crippen molar-refractivity contribution in [1.82, 2.24) is 15.0 Å². The van der Waals surface area contributed by atoms with E-state index in [9.17, 15) is 4.79 Å². The summed E-state index contributed by atoms with van der Waals surface area (Å²) in [5.74, 6) is 0.450. The maximum Gasteiger partial charge on any atom is 0.358 e. The molecule has 96 valence electrons. The van der Waals surface area contributed by atoms with E-state index in [-0.39, 0.29) is 5.69 Å². The van der Waals surface area contributed by atoms with Crippen molar-refractivity contribution >= 4 is 17.7 Å². The number of aromatic nitrogens is 3. The summed E-state index contributed by atoms with van der Waals surface area (Å²) in [6.07, 6.45) is 3.74. The summed E-state index contributed by atoms with van der Waals surface area (Å²) in [5.41, 5.74) is 0.844. The lowest BCUT2D eigenvalue weighted by atomic mass is 10.1. The Balaban J connectivity index is 2.84. The van der Waals surface area contributed by atoms with Crippen LogP contribution in [0.5, 0.6) is 0 Å². The molecule has 1 heterocycles. The van der Waals surface area contributed by atoms with Gasteiger partial charge in [-0.25, -0.2) is 9.48 Å². The largest absolute Gasteiger partial charge is 0.476 e. The molecule has 1 N–H and O–H groups in total. The first-order chi connectivity index (χ1) is 8.06. The standard InChI is InChI=1S/C11H19N3O2S/c1-8(2)7-9-10(11(15)16)12-13-14(9)5-4-6-17-3/h8H,4-7H2,1-3H3,(H,15,16). The van der Waals surface area contributed by atoms with Gasteiger partial charge < -0.3 is 5.11 Å². The van der Waals surface area contributed by atoms with Gasteiger partial charge in [0.25, 0.3) is 0 Å². The molecule has 0 fully saturated rings. The first-order valence-electron chi connectivity index (χ1n) is 5.70. The van der Waals surface area contributed by atoms with E-state index in [1.54, 1.807) is 16.4 Å². The van der Waals surface area contributed by atoms with Crippen molar-refractivity contribution in [2.75, 3.05) is 12.0 Å². The molecule has 0 bridgehead atoms. The average Bonchev–Trinajstić information content (AvgIpc) is 2.61. The van der Waals surface area contributed by atoms with Gasteiger partial charge in [-0.3, -0.25) is 0 Å². The maximum atomic E-state index is 11.0. The smallest absolute Gasteiger partial charge is 0.358 e. The number of carbonyl (C=O) groups is 1. The number of aryl methyl sites for hydroxylation is 1. The van der Waals surface area contributed by atoms with Crippen LogP contribution < -0.4 is 0 Å². The third kappa shape index (κ3) is 4.03. The molecule has 0 aliphatic rings. The molecular formula is C11H19N3O2S. The lowest BCUT2D eigenvalue weighted by molar-refractivity contribution is 0.0689. The first kappa shape index (κ1) is 14.0. The van der Waals surface area contributed by atoms with Gasteiger partial charge >= 0.3 is 5.97 Å². The third-order valence-electron chi connectivity index (χ3n) is 2.36. The van der Waals surface area contributed by atoms with Gasteiger partial charge in [0.15, 0.2) is 5.69 Å². The zero-order valence-corrected chi connectivity index (χ0v) is 11.3. The topological polar surface area (TPSA) is 68.0 Å². The second kappa shape index (κ2) is 6.64. The number of carboxylic acids is 1. The van der Waals surface area contributed by atoms with Crippen molar-refractivity contribution in [3.8, 4) is 0 Å². The Labute approximate surface area is 106 Å². The fourth-order valence-corrected chi connectivity index (χ4v) is 2.04. The second-order valence-corrected chi connectivity index (χ2v) is 5.34. The van der Waals surface area contributed by atoms with Crippen LogP contribution in [0.15, 0.2) is 0 Å². The SMILES string of the molecule is CSCCCn1nnc(C(=O)O)c1CC(C)C. The molecular weight excluding hydrogens is 238 g/mol. The highest BCUT2D eigenvalue weighted by molar-refractivity contribution is 7.98. The molecule has 0 spiro atoms. The molecule has 0 amide bonds. The molecule has 17 heavy (non-hydrogen) atoms. The Morgan fingerprint density at radius 2 is 2.24 bits per heavy atom. The minimum Gasteiger partial charge on any atom is -0.476 e. The van der Waals surface area contributed by atoms with Crippen molar-refractivity contribution in [1.29, 1.82) is 0 Å². The summed E-state index contributed by atoms with van der Waals surface area (Å²) in [7, 11) is 0. The van der Waals surface area contributed by atoms with Crippen LogP contribution >= 0.6 is 11.8 Å². The molecule has 0 aliphatic heterocycles. The van der Waals surface area contributed by atoms with Crippen molar-refractivity contribution in [2.45, 2.75) is 33.2 Å². The lowest BCUT2D eigenvalue weighted by Gasteiger charge is -2.08. The van der Waals surface area contributed by atoms with Crippen LogP contribution in [0.3, 0.4) is 0 Å². The van der Waals surface area contributed by atoms with E-state index in [1.807, 2.05) is 0 Å². The molecule has 0 aromatic carbocycles. The summed E-state index contributed by atoms with van der Waals surface area (Å²) in [6.45, 7) is 4.86. The molecule has 1 aromatic rings. The quantitative estimate of drug-likeness (QED) is 0.756. The van der Waals surface area contributed by atoms with Crippen LogP contribution in [0.4, 0.5) is 0 Å². The first-order valence-corrected chi connectivity index (χ1v) is 7.10. The zero-order chi connectivity index (χ0) is 12.8. The van der Waals surface area contributed by atoms with E-state index in [4.69, 9.17) is 5.11 Å². The molecule has 0 atom stereocenters. The molecule has 1 rings (SSSR count). The fourth-order valence-electron chi connectivity index (χ4n) is 1.63. The van der Waals surface area contributed by atoms with Crippen LogP contribution in [0.1, 0.15) is 36.5 Å². The number of nitrogens with zero attached hydrogens (tertiary/aromatic N) is 3. The number of hydrogen-bond acceptors (Lipinski definition) is 4. The summed E-state index contributed by atoms with van der Waals surface area (Å²) >= 11 is 1.78. The average molecular weight is 257 g/mol. The summed E-state index contributed by atoms with van der Waals surface area (Å²) in [6, 6.07) is 0. The Morgan fingerprint density at radius 3 is 2.76 bits per heavy atom. The van der Waals surface area contributed by atoms with Crippen LogP contribution in [0.25, 0.3) is 0 Å². The monoisotopic (exact) mass is 257 g/mol. The van der Waals surface area contributed by atoms with E-state index < -0.39 is 5.97 Å².